The number of unbranched alkanes of at least 4 members (excludes halogenated alkanes) is 5. The van der Waals surface area contributed by atoms with Crippen molar-refractivity contribution in [1.29, 1.82) is 0 Å². The fourth-order valence-corrected chi connectivity index (χ4v) is 1.99. The van der Waals surface area contributed by atoms with Crippen molar-refractivity contribution in [3.8, 4) is 5.75 Å². The van der Waals surface area contributed by atoms with Gasteiger partial charge in [0.25, 0.3) is 0 Å². The van der Waals surface area contributed by atoms with Crippen molar-refractivity contribution in [1.82, 2.24) is 0 Å². The van der Waals surface area contributed by atoms with Crippen molar-refractivity contribution in [2.45, 2.75) is 51.9 Å². The average molecular weight is 252 g/mol. The molecule has 0 aliphatic carbocycles. The maximum Gasteiger partial charge on any atom is 0.504 e. The van der Waals surface area contributed by atoms with Gasteiger partial charge in [0.05, 0.1) is 0 Å². The Morgan fingerprint density at radius 2 is 1.89 bits per heavy atom. The Morgan fingerprint density at radius 3 is 2.61 bits per heavy atom. The summed E-state index contributed by atoms with van der Waals surface area (Å²) < 4.78 is 18.1. The van der Waals surface area contributed by atoms with Crippen LogP contribution >= 0.6 is 0 Å². The highest BCUT2D eigenvalue weighted by Crippen LogP contribution is 2.20. The fraction of sp³-hybridized carbons (Fsp3) is 0.571. The smallest absolute Gasteiger partial charge is 0.504 e. The van der Waals surface area contributed by atoms with Crippen LogP contribution in [-0.2, 0) is 6.42 Å². The Hall–Kier alpha value is -1.03. The molecular formula is C14H22BFO2. The molecule has 0 atom stereocenters. The molecule has 0 spiro atoms. The summed E-state index contributed by atoms with van der Waals surface area (Å²) in [7, 11) is -0.489. The fourth-order valence-electron chi connectivity index (χ4n) is 1.99. The predicted octanol–water partition coefficient (Wildman–Crippen LogP) is 3.37. The first kappa shape index (κ1) is 15.0. The molecule has 0 amide bonds. The van der Waals surface area contributed by atoms with Gasteiger partial charge in [0.1, 0.15) is 5.75 Å². The van der Waals surface area contributed by atoms with Gasteiger partial charge in [-0.2, -0.15) is 0 Å². The molecule has 0 fully saturated rings. The number of hydrogen-bond donors (Lipinski definition) is 1. The van der Waals surface area contributed by atoms with Crippen LogP contribution in [0.5, 0.6) is 5.75 Å². The van der Waals surface area contributed by atoms with Crippen molar-refractivity contribution >= 4 is 7.69 Å². The zero-order chi connectivity index (χ0) is 13.2. The van der Waals surface area contributed by atoms with E-state index in [2.05, 4.69) is 6.92 Å². The Bertz CT molecular complexity index is 345. The van der Waals surface area contributed by atoms with E-state index in [1.165, 1.54) is 38.2 Å². The molecule has 1 aromatic rings. The third-order valence-corrected chi connectivity index (χ3v) is 3.03. The highest BCUT2D eigenvalue weighted by atomic mass is 19.1. The molecule has 4 heteroatoms. The van der Waals surface area contributed by atoms with Crippen LogP contribution in [0.1, 0.15) is 51.0 Å². The van der Waals surface area contributed by atoms with Crippen molar-refractivity contribution in [2.75, 3.05) is 0 Å². The lowest BCUT2D eigenvalue weighted by molar-refractivity contribution is 0.431. The number of aryl methyl sites for hydroxylation is 1. The largest absolute Gasteiger partial charge is 0.537 e. The topological polar surface area (TPSA) is 29.5 Å². The van der Waals surface area contributed by atoms with Crippen LogP contribution in [-0.4, -0.2) is 12.7 Å². The average Bonchev–Trinajstić information content (AvgIpc) is 2.37. The van der Waals surface area contributed by atoms with Crippen LogP contribution < -0.4 is 4.65 Å². The quantitative estimate of drug-likeness (QED) is 0.539. The van der Waals surface area contributed by atoms with E-state index >= 15 is 0 Å². The SMILES string of the molecule is CCCCCCCCc1ccc(F)c(OBO)c1. The number of halogens is 1. The molecule has 0 saturated carbocycles. The third kappa shape index (κ3) is 5.54. The van der Waals surface area contributed by atoms with Gasteiger partial charge in [0.15, 0.2) is 5.82 Å². The molecule has 0 bridgehead atoms. The van der Waals surface area contributed by atoms with E-state index in [-0.39, 0.29) is 5.75 Å². The Labute approximate surface area is 109 Å². The van der Waals surface area contributed by atoms with Gasteiger partial charge >= 0.3 is 7.69 Å². The zero-order valence-electron chi connectivity index (χ0n) is 11.1. The van der Waals surface area contributed by atoms with Crippen LogP contribution in [0.4, 0.5) is 4.39 Å². The highest BCUT2D eigenvalue weighted by molar-refractivity contribution is 6.17. The van der Waals surface area contributed by atoms with Gasteiger partial charge in [0, 0.05) is 0 Å². The molecule has 1 aromatic carbocycles. The molecule has 1 rings (SSSR count). The van der Waals surface area contributed by atoms with Crippen molar-refractivity contribution in [2.24, 2.45) is 0 Å². The van der Waals surface area contributed by atoms with Gasteiger partial charge in [0.2, 0.25) is 0 Å². The Morgan fingerprint density at radius 1 is 1.17 bits per heavy atom. The number of hydrogen-bond acceptors (Lipinski definition) is 2. The van der Waals surface area contributed by atoms with Gasteiger partial charge in [-0.05, 0) is 30.5 Å². The predicted molar refractivity (Wildman–Crippen MR) is 73.5 cm³/mol. The Kier molecular flexibility index (Phi) is 7.50. The summed E-state index contributed by atoms with van der Waals surface area (Å²) in [6, 6.07) is 4.86. The van der Waals surface area contributed by atoms with Gasteiger partial charge < -0.3 is 9.68 Å². The Balaban J connectivity index is 2.31. The molecular weight excluding hydrogens is 230 g/mol. The lowest BCUT2D eigenvalue weighted by Crippen LogP contribution is -2.02. The summed E-state index contributed by atoms with van der Waals surface area (Å²) in [6.45, 7) is 2.21. The summed E-state index contributed by atoms with van der Waals surface area (Å²) in [4.78, 5) is 0. The second-order valence-corrected chi connectivity index (χ2v) is 4.56. The van der Waals surface area contributed by atoms with Crippen LogP contribution in [0.25, 0.3) is 0 Å². The lowest BCUT2D eigenvalue weighted by Gasteiger charge is -2.07. The number of benzene rings is 1. The van der Waals surface area contributed by atoms with Crippen LogP contribution in [0.2, 0.25) is 0 Å². The summed E-state index contributed by atoms with van der Waals surface area (Å²) in [5, 5.41) is 8.64. The number of rotatable bonds is 9. The molecule has 0 heterocycles. The van der Waals surface area contributed by atoms with Crippen LogP contribution in [0.15, 0.2) is 18.2 Å². The second-order valence-electron chi connectivity index (χ2n) is 4.56. The van der Waals surface area contributed by atoms with Crippen LogP contribution in [0, 0.1) is 5.82 Å². The van der Waals surface area contributed by atoms with Gasteiger partial charge in [-0.25, -0.2) is 4.39 Å². The standard InChI is InChI=1S/C14H22BFO2/c1-2-3-4-5-6-7-8-12-9-10-13(16)14(11-12)18-15-17/h9-11,15,17H,2-8H2,1H3. The maximum absolute atomic E-state index is 13.2. The van der Waals surface area contributed by atoms with E-state index in [9.17, 15) is 4.39 Å². The molecule has 1 N–H and O–H groups in total. The molecule has 0 aliphatic rings. The second kappa shape index (κ2) is 8.98. The molecule has 0 aliphatic heterocycles. The van der Waals surface area contributed by atoms with E-state index in [1.807, 2.05) is 0 Å². The first-order chi connectivity index (χ1) is 8.77. The highest BCUT2D eigenvalue weighted by Gasteiger charge is 2.04. The molecule has 0 unspecified atom stereocenters. The van der Waals surface area contributed by atoms with Crippen LogP contribution in [0.3, 0.4) is 0 Å². The van der Waals surface area contributed by atoms with E-state index in [4.69, 9.17) is 9.68 Å². The minimum Gasteiger partial charge on any atom is -0.537 e. The normalized spacial score (nSPS) is 10.4. The molecule has 0 aromatic heterocycles. The van der Waals surface area contributed by atoms with E-state index < -0.39 is 13.5 Å². The van der Waals surface area contributed by atoms with Crippen molar-refractivity contribution in [3.63, 3.8) is 0 Å². The van der Waals surface area contributed by atoms with Gasteiger partial charge in [-0.15, -0.1) is 0 Å². The minimum absolute atomic E-state index is 0.140. The summed E-state index contributed by atoms with van der Waals surface area (Å²) >= 11 is 0. The van der Waals surface area contributed by atoms with Gasteiger partial charge in [-0.3, -0.25) is 0 Å². The first-order valence-corrected chi connectivity index (χ1v) is 6.80. The third-order valence-electron chi connectivity index (χ3n) is 3.03. The molecule has 18 heavy (non-hydrogen) atoms. The molecule has 0 saturated heterocycles. The minimum atomic E-state index is -0.489. The lowest BCUT2D eigenvalue weighted by atomic mass is 10.0. The van der Waals surface area contributed by atoms with E-state index in [0.717, 1.165) is 18.4 Å². The monoisotopic (exact) mass is 252 g/mol. The van der Waals surface area contributed by atoms with E-state index in [1.54, 1.807) is 12.1 Å². The maximum atomic E-state index is 13.2. The van der Waals surface area contributed by atoms with Crippen molar-refractivity contribution in [3.05, 3.63) is 29.6 Å². The molecule has 0 radical (unpaired) electrons. The summed E-state index contributed by atoms with van der Waals surface area (Å²) in [6.07, 6.45) is 8.42. The van der Waals surface area contributed by atoms with E-state index in [0.29, 0.717) is 0 Å². The molecule has 2 nitrogen and oxygen atoms in total. The zero-order valence-corrected chi connectivity index (χ0v) is 11.1. The summed E-state index contributed by atoms with van der Waals surface area (Å²) in [5.74, 6) is -0.281. The van der Waals surface area contributed by atoms with Crippen molar-refractivity contribution < 1.29 is 14.1 Å². The van der Waals surface area contributed by atoms with Gasteiger partial charge in [-0.1, -0.05) is 45.1 Å². The summed E-state index contributed by atoms with van der Waals surface area (Å²) in [5.41, 5.74) is 1.07. The molecule has 100 valence electrons. The first-order valence-electron chi connectivity index (χ1n) is 6.80.